The number of nitrogens with zero attached hydrogens (tertiary/aromatic N) is 3. The summed E-state index contributed by atoms with van der Waals surface area (Å²) in [5.74, 6) is 0.824. The molecule has 1 N–H and O–H groups in total. The van der Waals surface area contributed by atoms with Crippen molar-refractivity contribution >= 4 is 0 Å². The van der Waals surface area contributed by atoms with Gasteiger partial charge >= 0.3 is 0 Å². The summed E-state index contributed by atoms with van der Waals surface area (Å²) in [6.45, 7) is 2.47. The van der Waals surface area contributed by atoms with Gasteiger partial charge in [-0.15, -0.1) is 5.10 Å². The maximum absolute atomic E-state index is 9.94. The first-order chi connectivity index (χ1) is 8.66. The van der Waals surface area contributed by atoms with Crippen molar-refractivity contribution in [1.82, 2.24) is 15.0 Å². The van der Waals surface area contributed by atoms with Gasteiger partial charge in [-0.2, -0.15) is 0 Å². The number of rotatable bonds is 5. The second kappa shape index (κ2) is 5.64. The third-order valence-electron chi connectivity index (χ3n) is 2.74. The molecule has 0 aliphatic carbocycles. The van der Waals surface area contributed by atoms with Crippen LogP contribution < -0.4 is 4.74 Å². The Morgan fingerprint density at radius 1 is 1.44 bits per heavy atom. The fourth-order valence-electron chi connectivity index (χ4n) is 1.74. The minimum absolute atomic E-state index is 0.454. The molecular formula is C13H17N3O2. The van der Waals surface area contributed by atoms with Gasteiger partial charge in [-0.25, -0.2) is 4.68 Å². The van der Waals surface area contributed by atoms with E-state index in [9.17, 15) is 5.11 Å². The van der Waals surface area contributed by atoms with Crippen LogP contribution in [0.15, 0.2) is 30.5 Å². The fourth-order valence-corrected chi connectivity index (χ4v) is 1.74. The molecule has 18 heavy (non-hydrogen) atoms. The number of hydrogen-bond acceptors (Lipinski definition) is 4. The molecule has 0 fully saturated rings. The summed E-state index contributed by atoms with van der Waals surface area (Å²) >= 11 is 0. The monoisotopic (exact) mass is 247 g/mol. The number of ether oxygens (including phenoxy) is 1. The van der Waals surface area contributed by atoms with E-state index in [-0.39, 0.29) is 0 Å². The van der Waals surface area contributed by atoms with E-state index in [0.29, 0.717) is 18.7 Å². The fraction of sp³-hybridized carbons (Fsp3) is 0.385. The molecule has 0 saturated carbocycles. The quantitative estimate of drug-likeness (QED) is 0.872. The predicted molar refractivity (Wildman–Crippen MR) is 67.3 cm³/mol. The highest BCUT2D eigenvalue weighted by Crippen LogP contribution is 2.17. The first-order valence-corrected chi connectivity index (χ1v) is 5.89. The van der Waals surface area contributed by atoms with Crippen LogP contribution in [0.25, 0.3) is 0 Å². The molecule has 1 atom stereocenters. The van der Waals surface area contributed by atoms with Crippen LogP contribution in [0.3, 0.4) is 0 Å². The topological polar surface area (TPSA) is 60.2 Å². The lowest BCUT2D eigenvalue weighted by Crippen LogP contribution is -2.09. The van der Waals surface area contributed by atoms with Crippen LogP contribution in [0.4, 0.5) is 0 Å². The molecule has 2 aromatic rings. The van der Waals surface area contributed by atoms with Gasteiger partial charge in [0.1, 0.15) is 11.9 Å². The van der Waals surface area contributed by atoms with Crippen LogP contribution in [0.1, 0.15) is 23.8 Å². The highest BCUT2D eigenvalue weighted by atomic mass is 16.5. The third kappa shape index (κ3) is 3.07. The van der Waals surface area contributed by atoms with Crippen LogP contribution >= 0.6 is 0 Å². The van der Waals surface area contributed by atoms with E-state index in [1.165, 1.54) is 0 Å². The standard InChI is InChI=1S/C13H17N3O2/c1-10-4-3-5-11(8-10)18-7-6-13(17)12-9-14-15-16(12)2/h3-5,8-9,13,17H,6-7H2,1-2H3. The molecule has 0 bridgehead atoms. The SMILES string of the molecule is Cc1cccc(OCCC(O)c2cnnn2C)c1. The molecule has 1 aromatic heterocycles. The lowest BCUT2D eigenvalue weighted by atomic mass is 10.2. The van der Waals surface area contributed by atoms with Gasteiger partial charge in [0.2, 0.25) is 0 Å². The van der Waals surface area contributed by atoms with Gasteiger partial charge < -0.3 is 9.84 Å². The summed E-state index contributed by atoms with van der Waals surface area (Å²) in [6, 6.07) is 7.85. The van der Waals surface area contributed by atoms with Crippen molar-refractivity contribution in [2.45, 2.75) is 19.4 Å². The Balaban J connectivity index is 1.84. The van der Waals surface area contributed by atoms with Crippen LogP contribution in [-0.2, 0) is 7.05 Å². The second-order valence-corrected chi connectivity index (χ2v) is 4.25. The van der Waals surface area contributed by atoms with Gasteiger partial charge in [-0.05, 0) is 24.6 Å². The maximum Gasteiger partial charge on any atom is 0.119 e. The van der Waals surface area contributed by atoms with E-state index < -0.39 is 6.10 Å². The number of aliphatic hydroxyl groups excluding tert-OH is 1. The van der Waals surface area contributed by atoms with Crippen molar-refractivity contribution in [1.29, 1.82) is 0 Å². The Kier molecular flexibility index (Phi) is 3.94. The van der Waals surface area contributed by atoms with Crippen molar-refractivity contribution in [2.24, 2.45) is 7.05 Å². The zero-order valence-corrected chi connectivity index (χ0v) is 10.6. The van der Waals surface area contributed by atoms with Gasteiger partial charge in [0.15, 0.2) is 0 Å². The smallest absolute Gasteiger partial charge is 0.119 e. The van der Waals surface area contributed by atoms with Crippen LogP contribution in [0, 0.1) is 6.92 Å². The zero-order valence-electron chi connectivity index (χ0n) is 10.6. The average molecular weight is 247 g/mol. The van der Waals surface area contributed by atoms with E-state index >= 15 is 0 Å². The zero-order chi connectivity index (χ0) is 13.0. The Labute approximate surface area is 106 Å². The molecule has 0 aliphatic rings. The summed E-state index contributed by atoms with van der Waals surface area (Å²) in [5, 5.41) is 17.5. The molecule has 1 heterocycles. The summed E-state index contributed by atoms with van der Waals surface area (Å²) in [5.41, 5.74) is 1.85. The van der Waals surface area contributed by atoms with Gasteiger partial charge in [0.05, 0.1) is 18.5 Å². The predicted octanol–water partition coefficient (Wildman–Crippen LogP) is 1.63. The van der Waals surface area contributed by atoms with Crippen LogP contribution in [0.2, 0.25) is 0 Å². The third-order valence-corrected chi connectivity index (χ3v) is 2.74. The summed E-state index contributed by atoms with van der Waals surface area (Å²) in [4.78, 5) is 0. The highest BCUT2D eigenvalue weighted by Gasteiger charge is 2.12. The van der Waals surface area contributed by atoms with Crippen LogP contribution in [0.5, 0.6) is 5.75 Å². The number of hydrogen-bond donors (Lipinski definition) is 1. The number of benzene rings is 1. The largest absolute Gasteiger partial charge is 0.493 e. The number of aryl methyl sites for hydroxylation is 2. The second-order valence-electron chi connectivity index (χ2n) is 4.25. The molecule has 0 aliphatic heterocycles. The van der Waals surface area contributed by atoms with Crippen molar-refractivity contribution in [3.8, 4) is 5.75 Å². The molecule has 0 spiro atoms. The van der Waals surface area contributed by atoms with Gasteiger partial charge in [-0.1, -0.05) is 17.3 Å². The normalized spacial score (nSPS) is 12.4. The van der Waals surface area contributed by atoms with Crippen molar-refractivity contribution < 1.29 is 9.84 Å². The molecule has 96 valence electrons. The van der Waals surface area contributed by atoms with Gasteiger partial charge in [0.25, 0.3) is 0 Å². The van der Waals surface area contributed by atoms with Crippen molar-refractivity contribution in [2.75, 3.05) is 6.61 Å². The molecule has 0 saturated heterocycles. The molecule has 1 aromatic carbocycles. The molecule has 5 nitrogen and oxygen atoms in total. The van der Waals surface area contributed by atoms with E-state index in [2.05, 4.69) is 10.3 Å². The molecular weight excluding hydrogens is 230 g/mol. The van der Waals surface area contributed by atoms with Crippen molar-refractivity contribution in [3.05, 3.63) is 41.7 Å². The summed E-state index contributed by atoms with van der Waals surface area (Å²) in [6.07, 6.45) is 1.47. The minimum Gasteiger partial charge on any atom is -0.493 e. The first-order valence-electron chi connectivity index (χ1n) is 5.89. The van der Waals surface area contributed by atoms with Crippen LogP contribution in [-0.4, -0.2) is 26.7 Å². The Hall–Kier alpha value is -1.88. The Morgan fingerprint density at radius 3 is 2.94 bits per heavy atom. The average Bonchev–Trinajstić information content (AvgIpc) is 2.75. The molecule has 0 radical (unpaired) electrons. The molecule has 2 rings (SSSR count). The van der Waals surface area contributed by atoms with E-state index in [1.807, 2.05) is 31.2 Å². The minimum atomic E-state index is -0.602. The summed E-state index contributed by atoms with van der Waals surface area (Å²) < 4.78 is 7.15. The molecule has 0 amide bonds. The van der Waals surface area contributed by atoms with E-state index in [4.69, 9.17) is 4.74 Å². The first kappa shape index (κ1) is 12.6. The van der Waals surface area contributed by atoms with E-state index in [1.54, 1.807) is 17.9 Å². The Morgan fingerprint density at radius 2 is 2.28 bits per heavy atom. The number of aromatic nitrogens is 3. The number of aliphatic hydroxyl groups is 1. The lowest BCUT2D eigenvalue weighted by molar-refractivity contribution is 0.133. The maximum atomic E-state index is 9.94. The van der Waals surface area contributed by atoms with Gasteiger partial charge in [-0.3, -0.25) is 0 Å². The lowest BCUT2D eigenvalue weighted by Gasteiger charge is -2.11. The molecule has 5 heteroatoms. The highest BCUT2D eigenvalue weighted by molar-refractivity contribution is 5.27. The molecule has 1 unspecified atom stereocenters. The van der Waals surface area contributed by atoms with E-state index in [0.717, 1.165) is 11.3 Å². The summed E-state index contributed by atoms with van der Waals surface area (Å²) in [7, 11) is 1.76. The van der Waals surface area contributed by atoms with Crippen molar-refractivity contribution in [3.63, 3.8) is 0 Å². The Bertz CT molecular complexity index is 510. The van der Waals surface area contributed by atoms with Gasteiger partial charge in [0, 0.05) is 13.5 Å².